The van der Waals surface area contributed by atoms with Crippen molar-refractivity contribution in [1.29, 1.82) is 0 Å². The molecule has 1 amide bonds. The fourth-order valence-electron chi connectivity index (χ4n) is 2.87. The first-order valence-electron chi connectivity index (χ1n) is 9.18. The third-order valence-corrected chi connectivity index (χ3v) is 6.37. The maximum atomic E-state index is 13.3. The third-order valence-electron chi connectivity index (χ3n) is 4.31. The molecule has 0 atom stereocenters. The highest BCUT2D eigenvalue weighted by Crippen LogP contribution is 2.34. The van der Waals surface area contributed by atoms with Gasteiger partial charge in [0.2, 0.25) is 0 Å². The van der Waals surface area contributed by atoms with Crippen molar-refractivity contribution in [3.8, 4) is 5.75 Å². The maximum Gasteiger partial charge on any atom is 0.573 e. The van der Waals surface area contributed by atoms with Crippen LogP contribution in [0.4, 0.5) is 18.3 Å². The SMILES string of the molecule is CN(C)CCN(C(=O)c1nc2ccccc2s1)c1nc2ccc(OC(F)(F)F)cc2s1.Cl. The van der Waals surface area contributed by atoms with E-state index >= 15 is 0 Å². The molecular formula is C20H18ClF3N4O2S2. The summed E-state index contributed by atoms with van der Waals surface area (Å²) in [7, 11) is 3.78. The van der Waals surface area contributed by atoms with Crippen LogP contribution in [0.3, 0.4) is 0 Å². The number of nitrogens with zero attached hydrogens (tertiary/aromatic N) is 4. The normalized spacial score (nSPS) is 11.7. The van der Waals surface area contributed by atoms with Crippen LogP contribution in [-0.2, 0) is 0 Å². The van der Waals surface area contributed by atoms with Crippen molar-refractivity contribution < 1.29 is 22.7 Å². The molecule has 4 rings (SSSR count). The molecule has 170 valence electrons. The van der Waals surface area contributed by atoms with Crippen molar-refractivity contribution in [2.24, 2.45) is 0 Å². The highest BCUT2D eigenvalue weighted by Gasteiger charge is 2.31. The number of hydrogen-bond donors (Lipinski definition) is 0. The molecule has 12 heteroatoms. The van der Waals surface area contributed by atoms with E-state index in [2.05, 4.69) is 14.7 Å². The summed E-state index contributed by atoms with van der Waals surface area (Å²) in [5.41, 5.74) is 1.23. The average Bonchev–Trinajstić information content (AvgIpc) is 3.30. The molecule has 0 spiro atoms. The second kappa shape index (κ2) is 9.57. The molecule has 0 aliphatic rings. The largest absolute Gasteiger partial charge is 0.573 e. The summed E-state index contributed by atoms with van der Waals surface area (Å²) >= 11 is 2.43. The number of hydrogen-bond acceptors (Lipinski definition) is 7. The zero-order valence-electron chi connectivity index (χ0n) is 16.9. The predicted octanol–water partition coefficient (Wildman–Crippen LogP) is 5.43. The molecule has 0 saturated carbocycles. The smallest absolute Gasteiger partial charge is 0.406 e. The Balaban J connectivity index is 0.00000289. The quantitative estimate of drug-likeness (QED) is 0.351. The molecule has 2 aromatic heterocycles. The Kier molecular flexibility index (Phi) is 7.23. The minimum Gasteiger partial charge on any atom is -0.406 e. The van der Waals surface area contributed by atoms with Crippen LogP contribution < -0.4 is 9.64 Å². The lowest BCUT2D eigenvalue weighted by atomic mass is 10.3. The molecule has 32 heavy (non-hydrogen) atoms. The maximum absolute atomic E-state index is 13.3. The number of alkyl halides is 3. The number of aromatic nitrogens is 2. The Morgan fingerprint density at radius 3 is 2.41 bits per heavy atom. The van der Waals surface area contributed by atoms with Crippen LogP contribution in [0.1, 0.15) is 9.80 Å². The van der Waals surface area contributed by atoms with Crippen molar-refractivity contribution in [1.82, 2.24) is 14.9 Å². The number of halogens is 4. The van der Waals surface area contributed by atoms with E-state index in [1.54, 1.807) is 0 Å². The molecular weight excluding hydrogens is 485 g/mol. The number of benzene rings is 2. The first kappa shape index (κ1) is 24.2. The minimum absolute atomic E-state index is 0. The van der Waals surface area contributed by atoms with E-state index in [4.69, 9.17) is 0 Å². The fraction of sp³-hybridized carbons (Fsp3) is 0.250. The van der Waals surface area contributed by atoms with Gasteiger partial charge in [-0.3, -0.25) is 9.69 Å². The second-order valence-electron chi connectivity index (χ2n) is 6.92. The van der Waals surface area contributed by atoms with Crippen molar-refractivity contribution >= 4 is 66.6 Å². The topological polar surface area (TPSA) is 58.6 Å². The Bertz CT molecular complexity index is 1210. The van der Waals surface area contributed by atoms with Gasteiger partial charge in [0.1, 0.15) is 5.75 Å². The molecule has 4 aromatic rings. The van der Waals surface area contributed by atoms with Gasteiger partial charge in [-0.15, -0.1) is 36.9 Å². The van der Waals surface area contributed by atoms with Gasteiger partial charge in [-0.1, -0.05) is 23.5 Å². The second-order valence-corrected chi connectivity index (χ2v) is 8.96. The van der Waals surface area contributed by atoms with Crippen molar-refractivity contribution in [3.63, 3.8) is 0 Å². The lowest BCUT2D eigenvalue weighted by Gasteiger charge is -2.20. The molecule has 2 aromatic carbocycles. The number of likely N-dealkylation sites (N-methyl/N-ethyl adjacent to an activating group) is 1. The molecule has 6 nitrogen and oxygen atoms in total. The standard InChI is InChI=1S/C20H17F3N4O2S2.ClH/c1-26(2)9-10-27(18(28)17-24-13-5-3-4-6-15(13)30-17)19-25-14-8-7-12(11-16(14)31-19)29-20(21,22)23;/h3-8,11H,9-10H2,1-2H3;1H. The van der Waals surface area contributed by atoms with Gasteiger partial charge < -0.3 is 9.64 Å². The first-order valence-corrected chi connectivity index (χ1v) is 10.8. The molecule has 0 bridgehead atoms. The van der Waals surface area contributed by atoms with E-state index in [-0.39, 0.29) is 24.1 Å². The summed E-state index contributed by atoms with van der Waals surface area (Å²) in [5, 5.41) is 0.727. The first-order chi connectivity index (χ1) is 14.7. The van der Waals surface area contributed by atoms with Gasteiger partial charge in [0.25, 0.3) is 5.91 Å². The monoisotopic (exact) mass is 502 g/mol. The Morgan fingerprint density at radius 2 is 1.72 bits per heavy atom. The van der Waals surface area contributed by atoms with E-state index in [0.29, 0.717) is 33.4 Å². The molecule has 0 N–H and O–H groups in total. The van der Waals surface area contributed by atoms with Crippen LogP contribution in [-0.4, -0.2) is 54.3 Å². The van der Waals surface area contributed by atoms with Crippen LogP contribution in [0.5, 0.6) is 5.75 Å². The molecule has 2 heterocycles. The molecule has 0 unspecified atom stereocenters. The molecule has 0 aliphatic carbocycles. The number of carbonyl (C=O) groups is 1. The Hall–Kier alpha value is -2.47. The Morgan fingerprint density at radius 1 is 1.00 bits per heavy atom. The summed E-state index contributed by atoms with van der Waals surface area (Å²) < 4.78 is 43.0. The number of ether oxygens (including phenoxy) is 1. The van der Waals surface area contributed by atoms with Gasteiger partial charge in [-0.2, -0.15) is 0 Å². The van der Waals surface area contributed by atoms with Crippen molar-refractivity contribution in [2.45, 2.75) is 6.36 Å². The van der Waals surface area contributed by atoms with E-state index in [1.165, 1.54) is 34.4 Å². The number of carbonyl (C=O) groups excluding carboxylic acids is 1. The van der Waals surface area contributed by atoms with Gasteiger partial charge in [0, 0.05) is 19.2 Å². The van der Waals surface area contributed by atoms with Crippen LogP contribution in [0.2, 0.25) is 0 Å². The van der Waals surface area contributed by atoms with Crippen LogP contribution in [0.25, 0.3) is 20.4 Å². The Labute approximate surface area is 195 Å². The van der Waals surface area contributed by atoms with Crippen molar-refractivity contribution in [2.75, 3.05) is 32.1 Å². The molecule has 0 aliphatic heterocycles. The van der Waals surface area contributed by atoms with Crippen LogP contribution >= 0.6 is 35.1 Å². The number of fused-ring (bicyclic) bond motifs is 2. The minimum atomic E-state index is -4.78. The molecule has 0 fully saturated rings. The number of para-hydroxylation sites is 1. The summed E-state index contributed by atoms with van der Waals surface area (Å²) in [6, 6.07) is 11.4. The number of rotatable bonds is 6. The highest BCUT2D eigenvalue weighted by molar-refractivity contribution is 7.23. The number of thiazole rings is 2. The summed E-state index contributed by atoms with van der Waals surface area (Å²) in [6.07, 6.45) is -4.78. The average molecular weight is 503 g/mol. The number of anilines is 1. The van der Waals surface area contributed by atoms with E-state index in [0.717, 1.165) is 21.6 Å². The van der Waals surface area contributed by atoms with E-state index in [1.807, 2.05) is 43.3 Å². The predicted molar refractivity (Wildman–Crippen MR) is 123 cm³/mol. The molecule has 0 radical (unpaired) electrons. The summed E-state index contributed by atoms with van der Waals surface area (Å²) in [4.78, 5) is 25.7. The van der Waals surface area contributed by atoms with E-state index in [9.17, 15) is 18.0 Å². The van der Waals surface area contributed by atoms with Gasteiger partial charge in [-0.25, -0.2) is 9.97 Å². The highest BCUT2D eigenvalue weighted by atomic mass is 35.5. The van der Waals surface area contributed by atoms with Crippen LogP contribution in [0.15, 0.2) is 42.5 Å². The van der Waals surface area contributed by atoms with Crippen LogP contribution in [0, 0.1) is 0 Å². The summed E-state index contributed by atoms with van der Waals surface area (Å²) in [5.74, 6) is -0.624. The zero-order valence-corrected chi connectivity index (χ0v) is 19.4. The van der Waals surface area contributed by atoms with E-state index < -0.39 is 6.36 Å². The number of amides is 1. The van der Waals surface area contributed by atoms with Crippen molar-refractivity contribution in [3.05, 3.63) is 47.5 Å². The summed E-state index contributed by atoms with van der Waals surface area (Å²) in [6.45, 7) is 0.933. The fourth-order valence-corrected chi connectivity index (χ4v) is 4.80. The van der Waals surface area contributed by atoms with Gasteiger partial charge in [0.05, 0.1) is 20.4 Å². The molecule has 0 saturated heterocycles. The van der Waals surface area contributed by atoms with Gasteiger partial charge >= 0.3 is 6.36 Å². The lowest BCUT2D eigenvalue weighted by molar-refractivity contribution is -0.274. The lowest BCUT2D eigenvalue weighted by Crippen LogP contribution is -2.36. The zero-order chi connectivity index (χ0) is 22.2. The van der Waals surface area contributed by atoms with Gasteiger partial charge in [-0.05, 0) is 38.4 Å². The third kappa shape index (κ3) is 5.47. The van der Waals surface area contributed by atoms with Gasteiger partial charge in [0.15, 0.2) is 10.1 Å².